The van der Waals surface area contributed by atoms with Crippen molar-refractivity contribution in [2.45, 2.75) is 25.6 Å². The van der Waals surface area contributed by atoms with E-state index in [1.807, 2.05) is 0 Å². The van der Waals surface area contributed by atoms with Gasteiger partial charge in [0.1, 0.15) is 5.82 Å². The van der Waals surface area contributed by atoms with Crippen LogP contribution in [0.25, 0.3) is 0 Å². The Labute approximate surface area is 113 Å². The maximum Gasteiger partial charge on any atom is 0.401 e. The van der Waals surface area contributed by atoms with Crippen molar-refractivity contribution in [1.82, 2.24) is 4.90 Å². The summed E-state index contributed by atoms with van der Waals surface area (Å²) >= 11 is 0. The van der Waals surface area contributed by atoms with Gasteiger partial charge in [-0.2, -0.15) is 13.2 Å². The third kappa shape index (κ3) is 6.01. The van der Waals surface area contributed by atoms with Gasteiger partial charge in [0.25, 0.3) is 0 Å². The van der Waals surface area contributed by atoms with Crippen molar-refractivity contribution in [3.05, 3.63) is 35.6 Å². The molecule has 1 unspecified atom stereocenters. The van der Waals surface area contributed by atoms with E-state index in [2.05, 4.69) is 0 Å². The predicted molar refractivity (Wildman–Crippen MR) is 64.8 cm³/mol. The highest BCUT2D eigenvalue weighted by molar-refractivity contribution is 5.69. The van der Waals surface area contributed by atoms with Crippen LogP contribution in [-0.4, -0.2) is 41.3 Å². The Hall–Kier alpha value is -1.63. The zero-order valence-corrected chi connectivity index (χ0v) is 10.8. The summed E-state index contributed by atoms with van der Waals surface area (Å²) in [4.78, 5) is 11.5. The summed E-state index contributed by atoms with van der Waals surface area (Å²) in [6, 6.07) is 4.84. The molecule has 0 radical (unpaired) electrons. The maximum atomic E-state index is 13.0. The van der Waals surface area contributed by atoms with Gasteiger partial charge in [-0.15, -0.1) is 0 Å². The number of hydrogen-bond donors (Lipinski definition) is 1. The summed E-state index contributed by atoms with van der Waals surface area (Å²) in [5.41, 5.74) is 0.523. The number of carboxylic acids is 1. The molecule has 112 valence electrons. The molecule has 1 atom stereocenters. The highest BCUT2D eigenvalue weighted by Gasteiger charge is 2.33. The summed E-state index contributed by atoms with van der Waals surface area (Å²) in [6.07, 6.45) is -4.34. The van der Waals surface area contributed by atoms with E-state index in [9.17, 15) is 22.4 Å². The number of carboxylic acid groups (broad SMARTS) is 1. The Morgan fingerprint density at radius 2 is 2.05 bits per heavy atom. The first-order chi connectivity index (χ1) is 9.17. The molecule has 0 aliphatic rings. The number of carbonyl (C=O) groups is 1. The summed E-state index contributed by atoms with van der Waals surface area (Å²) < 4.78 is 50.3. The van der Waals surface area contributed by atoms with Gasteiger partial charge in [-0.25, -0.2) is 4.39 Å². The second-order valence-electron chi connectivity index (χ2n) is 4.60. The number of hydrogen-bond acceptors (Lipinski definition) is 2. The minimum absolute atomic E-state index is 0.140. The van der Waals surface area contributed by atoms with Crippen molar-refractivity contribution < 1.29 is 27.5 Å². The van der Waals surface area contributed by atoms with E-state index in [0.717, 1.165) is 4.90 Å². The Morgan fingerprint density at radius 1 is 1.40 bits per heavy atom. The number of rotatable bonds is 6. The summed E-state index contributed by atoms with van der Waals surface area (Å²) in [6.45, 7) is -0.536. The quantitative estimate of drug-likeness (QED) is 0.820. The first kappa shape index (κ1) is 16.4. The highest BCUT2D eigenvalue weighted by atomic mass is 19.4. The molecular formula is C13H15F4NO2. The minimum atomic E-state index is -4.48. The summed E-state index contributed by atoms with van der Waals surface area (Å²) in [5, 5.41) is 8.67. The van der Waals surface area contributed by atoms with E-state index >= 15 is 0 Å². The molecule has 0 saturated heterocycles. The Morgan fingerprint density at radius 3 is 2.55 bits per heavy atom. The molecule has 1 aromatic rings. The van der Waals surface area contributed by atoms with Crippen LogP contribution in [0.3, 0.4) is 0 Å². The molecule has 1 N–H and O–H groups in total. The van der Waals surface area contributed by atoms with Gasteiger partial charge in [-0.05, 0) is 31.0 Å². The lowest BCUT2D eigenvalue weighted by molar-refractivity contribution is -0.157. The Kier molecular flexibility index (Phi) is 5.50. The average molecular weight is 293 g/mol. The van der Waals surface area contributed by atoms with Crippen LogP contribution in [0.2, 0.25) is 0 Å². The van der Waals surface area contributed by atoms with Crippen LogP contribution in [0.15, 0.2) is 24.3 Å². The molecular weight excluding hydrogens is 278 g/mol. The molecule has 0 aliphatic carbocycles. The molecule has 0 heterocycles. The van der Waals surface area contributed by atoms with Crippen molar-refractivity contribution in [3.8, 4) is 0 Å². The third-order valence-electron chi connectivity index (χ3n) is 2.76. The predicted octanol–water partition coefficient (Wildman–Crippen LogP) is 2.71. The van der Waals surface area contributed by atoms with Gasteiger partial charge in [0.05, 0.1) is 13.1 Å². The van der Waals surface area contributed by atoms with Crippen LogP contribution in [0.1, 0.15) is 12.5 Å². The standard InChI is InChI=1S/C13H15F4NO2/c1-9(5-10-3-2-4-11(14)6-10)18(7-12(19)20)8-13(15,16)17/h2-4,6,9H,5,7-8H2,1H3,(H,19,20). The zero-order valence-electron chi connectivity index (χ0n) is 10.8. The molecule has 1 rings (SSSR count). The van der Waals surface area contributed by atoms with Crippen molar-refractivity contribution >= 4 is 5.97 Å². The fourth-order valence-electron chi connectivity index (χ4n) is 1.91. The van der Waals surface area contributed by atoms with Crippen LogP contribution in [-0.2, 0) is 11.2 Å². The molecule has 0 aliphatic heterocycles. The number of alkyl halides is 3. The SMILES string of the molecule is CC(Cc1cccc(F)c1)N(CC(=O)O)CC(F)(F)F. The van der Waals surface area contributed by atoms with E-state index in [4.69, 9.17) is 5.11 Å². The van der Waals surface area contributed by atoms with Gasteiger partial charge < -0.3 is 5.11 Å². The van der Waals surface area contributed by atoms with E-state index in [-0.39, 0.29) is 6.42 Å². The summed E-state index contributed by atoms with van der Waals surface area (Å²) in [5.74, 6) is -1.81. The van der Waals surface area contributed by atoms with Crippen molar-refractivity contribution in [3.63, 3.8) is 0 Å². The highest BCUT2D eigenvalue weighted by Crippen LogP contribution is 2.19. The van der Waals surface area contributed by atoms with E-state index < -0.39 is 37.1 Å². The molecule has 0 bridgehead atoms. The van der Waals surface area contributed by atoms with Gasteiger partial charge in [0.2, 0.25) is 0 Å². The number of benzene rings is 1. The maximum absolute atomic E-state index is 13.0. The minimum Gasteiger partial charge on any atom is -0.480 e. The lowest BCUT2D eigenvalue weighted by atomic mass is 10.1. The molecule has 7 heteroatoms. The van der Waals surface area contributed by atoms with E-state index in [1.165, 1.54) is 25.1 Å². The van der Waals surface area contributed by atoms with Crippen molar-refractivity contribution in [2.24, 2.45) is 0 Å². The van der Waals surface area contributed by atoms with Crippen molar-refractivity contribution in [1.29, 1.82) is 0 Å². The van der Waals surface area contributed by atoms with Crippen LogP contribution in [0.5, 0.6) is 0 Å². The average Bonchev–Trinajstić information content (AvgIpc) is 2.25. The first-order valence-corrected chi connectivity index (χ1v) is 5.94. The van der Waals surface area contributed by atoms with Crippen LogP contribution < -0.4 is 0 Å². The molecule has 20 heavy (non-hydrogen) atoms. The smallest absolute Gasteiger partial charge is 0.401 e. The number of nitrogens with zero attached hydrogens (tertiary/aromatic N) is 1. The first-order valence-electron chi connectivity index (χ1n) is 5.94. The largest absolute Gasteiger partial charge is 0.480 e. The molecule has 1 aromatic carbocycles. The fraction of sp³-hybridized carbons (Fsp3) is 0.462. The fourth-order valence-corrected chi connectivity index (χ4v) is 1.91. The summed E-state index contributed by atoms with van der Waals surface area (Å²) in [7, 11) is 0. The van der Waals surface area contributed by atoms with E-state index in [0.29, 0.717) is 5.56 Å². The Balaban J connectivity index is 2.76. The molecule has 0 amide bonds. The lowest BCUT2D eigenvalue weighted by Crippen LogP contribution is -2.44. The van der Waals surface area contributed by atoms with Gasteiger partial charge >= 0.3 is 12.1 Å². The van der Waals surface area contributed by atoms with Crippen molar-refractivity contribution in [2.75, 3.05) is 13.1 Å². The molecule has 3 nitrogen and oxygen atoms in total. The van der Waals surface area contributed by atoms with E-state index in [1.54, 1.807) is 6.07 Å². The molecule has 0 aromatic heterocycles. The zero-order chi connectivity index (χ0) is 15.3. The topological polar surface area (TPSA) is 40.5 Å². The van der Waals surface area contributed by atoms with Crippen LogP contribution in [0.4, 0.5) is 17.6 Å². The monoisotopic (exact) mass is 293 g/mol. The second kappa shape index (κ2) is 6.69. The van der Waals surface area contributed by atoms with Crippen LogP contribution >= 0.6 is 0 Å². The number of halogens is 4. The second-order valence-corrected chi connectivity index (χ2v) is 4.60. The van der Waals surface area contributed by atoms with Gasteiger partial charge in [0, 0.05) is 6.04 Å². The van der Waals surface area contributed by atoms with Gasteiger partial charge in [-0.1, -0.05) is 12.1 Å². The number of aliphatic carboxylic acids is 1. The van der Waals surface area contributed by atoms with Crippen LogP contribution in [0, 0.1) is 5.82 Å². The van der Waals surface area contributed by atoms with Gasteiger partial charge in [0.15, 0.2) is 0 Å². The lowest BCUT2D eigenvalue weighted by Gasteiger charge is -2.28. The normalized spacial score (nSPS) is 13.5. The molecule has 0 fully saturated rings. The van der Waals surface area contributed by atoms with Gasteiger partial charge in [-0.3, -0.25) is 9.69 Å². The molecule has 0 saturated carbocycles. The third-order valence-corrected chi connectivity index (χ3v) is 2.76. The Bertz CT molecular complexity index is 462. The molecule has 0 spiro atoms.